The molecule has 0 aliphatic heterocycles. The molecule has 0 bridgehead atoms. The lowest BCUT2D eigenvalue weighted by atomic mass is 10.1. The maximum Gasteiger partial charge on any atom is 0.191 e. The lowest BCUT2D eigenvalue weighted by molar-refractivity contribution is 0.501. The van der Waals surface area contributed by atoms with Crippen molar-refractivity contribution in [2.45, 2.75) is 44.0 Å². The minimum atomic E-state index is 0.0383. The van der Waals surface area contributed by atoms with Crippen molar-refractivity contribution in [3.8, 4) is 0 Å². The van der Waals surface area contributed by atoms with E-state index in [0.29, 0.717) is 0 Å². The second-order valence-corrected chi connectivity index (χ2v) is 7.37. The van der Waals surface area contributed by atoms with Crippen molar-refractivity contribution in [3.63, 3.8) is 0 Å². The predicted molar refractivity (Wildman–Crippen MR) is 86.3 cm³/mol. The number of hydrogen-bond acceptors (Lipinski definition) is 4. The number of guanidine groups is 1. The van der Waals surface area contributed by atoms with Crippen LogP contribution in [0, 0.1) is 0 Å². The van der Waals surface area contributed by atoms with E-state index in [0.717, 1.165) is 35.6 Å². The maximum absolute atomic E-state index is 4.58. The van der Waals surface area contributed by atoms with Crippen LogP contribution in [0.5, 0.6) is 0 Å². The fourth-order valence-electron chi connectivity index (χ4n) is 1.36. The number of hydrogen-bond donors (Lipinski definition) is 2. The summed E-state index contributed by atoms with van der Waals surface area (Å²) in [6.45, 7) is 10.2. The number of aliphatic imine (C=N–C) groups is 1. The molecule has 6 heteroatoms. The number of rotatable bonds is 6. The minimum absolute atomic E-state index is 0.0383. The third-order valence-corrected chi connectivity index (χ3v) is 4.10. The van der Waals surface area contributed by atoms with Crippen molar-refractivity contribution in [2.75, 3.05) is 18.8 Å². The summed E-state index contributed by atoms with van der Waals surface area (Å²) in [4.78, 5) is 8.83. The van der Waals surface area contributed by atoms with Gasteiger partial charge in [-0.05, 0) is 34.1 Å². The monoisotopic (exact) mass is 300 g/mol. The summed E-state index contributed by atoms with van der Waals surface area (Å²) in [5.41, 5.74) is 0.0383. The molecule has 4 nitrogen and oxygen atoms in total. The third-order valence-electron chi connectivity index (χ3n) is 2.05. The molecule has 0 aromatic carbocycles. The zero-order chi connectivity index (χ0) is 14.1. The topological polar surface area (TPSA) is 49.3 Å². The van der Waals surface area contributed by atoms with E-state index < -0.39 is 0 Å². The smallest absolute Gasteiger partial charge is 0.191 e. The molecule has 1 rings (SSSR count). The van der Waals surface area contributed by atoms with Gasteiger partial charge in [-0.15, -0.1) is 11.3 Å². The standard InChI is InChI=1S/C13H24N4S2/c1-5-14-11(17-13(2,3)4)15-7-6-9-18-12-16-8-10-19-12/h8,10H,5-7,9H2,1-4H3,(H2,14,15,17). The largest absolute Gasteiger partial charge is 0.357 e. The number of thioether (sulfide) groups is 1. The Morgan fingerprint density at radius 1 is 1.47 bits per heavy atom. The summed E-state index contributed by atoms with van der Waals surface area (Å²) < 4.78 is 1.14. The van der Waals surface area contributed by atoms with E-state index in [1.807, 2.05) is 11.6 Å². The normalized spacial score (nSPS) is 12.5. The van der Waals surface area contributed by atoms with Crippen LogP contribution >= 0.6 is 23.1 Å². The van der Waals surface area contributed by atoms with Crippen LogP contribution in [0.3, 0.4) is 0 Å². The molecule has 108 valence electrons. The molecule has 0 fully saturated rings. The van der Waals surface area contributed by atoms with E-state index in [4.69, 9.17) is 0 Å². The van der Waals surface area contributed by atoms with Gasteiger partial charge in [-0.2, -0.15) is 0 Å². The van der Waals surface area contributed by atoms with Gasteiger partial charge in [-0.3, -0.25) is 4.99 Å². The van der Waals surface area contributed by atoms with Crippen LogP contribution in [0.15, 0.2) is 20.9 Å². The van der Waals surface area contributed by atoms with Gasteiger partial charge < -0.3 is 10.6 Å². The van der Waals surface area contributed by atoms with E-state index in [9.17, 15) is 0 Å². The van der Waals surface area contributed by atoms with E-state index in [1.54, 1.807) is 23.1 Å². The van der Waals surface area contributed by atoms with Crippen molar-refractivity contribution in [3.05, 3.63) is 11.6 Å². The summed E-state index contributed by atoms with van der Waals surface area (Å²) in [5, 5.41) is 8.66. The highest BCUT2D eigenvalue weighted by atomic mass is 32.2. The van der Waals surface area contributed by atoms with E-state index in [1.165, 1.54) is 0 Å². The van der Waals surface area contributed by atoms with Crippen molar-refractivity contribution < 1.29 is 0 Å². The Bertz CT molecular complexity index is 368. The Morgan fingerprint density at radius 2 is 2.26 bits per heavy atom. The predicted octanol–water partition coefficient (Wildman–Crippen LogP) is 2.98. The average Bonchev–Trinajstić information content (AvgIpc) is 2.79. The fourth-order valence-corrected chi connectivity index (χ4v) is 2.99. The Hall–Kier alpha value is -0.750. The molecule has 0 spiro atoms. The van der Waals surface area contributed by atoms with E-state index in [-0.39, 0.29) is 5.54 Å². The second kappa shape index (κ2) is 8.43. The first-order chi connectivity index (χ1) is 9.01. The molecule has 1 aromatic rings. The molecule has 0 amide bonds. The molecule has 19 heavy (non-hydrogen) atoms. The molecule has 1 aromatic heterocycles. The lowest BCUT2D eigenvalue weighted by Crippen LogP contribution is -2.47. The van der Waals surface area contributed by atoms with Gasteiger partial charge in [0.25, 0.3) is 0 Å². The van der Waals surface area contributed by atoms with Crippen LogP contribution < -0.4 is 10.6 Å². The molecular weight excluding hydrogens is 276 g/mol. The number of aromatic nitrogens is 1. The molecule has 1 heterocycles. The van der Waals surface area contributed by atoms with Gasteiger partial charge in [0.2, 0.25) is 0 Å². The molecule has 0 aliphatic carbocycles. The first kappa shape index (κ1) is 16.3. The number of thiazole rings is 1. The molecule has 0 unspecified atom stereocenters. The molecule has 0 aliphatic rings. The van der Waals surface area contributed by atoms with E-state index in [2.05, 4.69) is 48.3 Å². The van der Waals surface area contributed by atoms with Gasteiger partial charge >= 0.3 is 0 Å². The summed E-state index contributed by atoms with van der Waals surface area (Å²) in [7, 11) is 0. The first-order valence-corrected chi connectivity index (χ1v) is 8.46. The van der Waals surface area contributed by atoms with Gasteiger partial charge in [-0.1, -0.05) is 11.8 Å². The van der Waals surface area contributed by atoms with Crippen LogP contribution in [-0.2, 0) is 0 Å². The van der Waals surface area contributed by atoms with Gasteiger partial charge in [-0.25, -0.2) is 4.98 Å². The summed E-state index contributed by atoms with van der Waals surface area (Å²) in [6, 6.07) is 0. The zero-order valence-corrected chi connectivity index (χ0v) is 13.8. The Balaban J connectivity index is 2.26. The summed E-state index contributed by atoms with van der Waals surface area (Å²) in [5.74, 6) is 1.96. The van der Waals surface area contributed by atoms with Gasteiger partial charge in [0.05, 0.1) is 0 Å². The Labute approximate surface area is 124 Å². The van der Waals surface area contributed by atoms with Crippen molar-refractivity contribution in [1.82, 2.24) is 15.6 Å². The zero-order valence-electron chi connectivity index (χ0n) is 12.2. The second-order valence-electron chi connectivity index (χ2n) is 5.14. The first-order valence-electron chi connectivity index (χ1n) is 6.60. The molecular formula is C13H24N4S2. The summed E-state index contributed by atoms with van der Waals surface area (Å²) >= 11 is 3.50. The number of nitrogens with zero attached hydrogens (tertiary/aromatic N) is 2. The average molecular weight is 300 g/mol. The third kappa shape index (κ3) is 8.10. The molecule has 0 saturated carbocycles. The quantitative estimate of drug-likeness (QED) is 0.367. The molecule has 0 atom stereocenters. The van der Waals surface area contributed by atoms with E-state index >= 15 is 0 Å². The molecule has 2 N–H and O–H groups in total. The van der Waals surface area contributed by atoms with Gasteiger partial charge in [0.15, 0.2) is 5.96 Å². The van der Waals surface area contributed by atoms with Crippen molar-refractivity contribution >= 4 is 29.1 Å². The lowest BCUT2D eigenvalue weighted by Gasteiger charge is -2.23. The van der Waals surface area contributed by atoms with Crippen LogP contribution in [0.4, 0.5) is 0 Å². The molecule has 0 radical (unpaired) electrons. The summed E-state index contributed by atoms with van der Waals surface area (Å²) in [6.07, 6.45) is 2.91. The highest BCUT2D eigenvalue weighted by Gasteiger charge is 2.11. The SMILES string of the molecule is CCNC(=NCCCSc1nccs1)NC(C)(C)C. The highest BCUT2D eigenvalue weighted by molar-refractivity contribution is 8.00. The minimum Gasteiger partial charge on any atom is -0.357 e. The van der Waals surface area contributed by atoms with Crippen LogP contribution in [-0.4, -0.2) is 35.3 Å². The highest BCUT2D eigenvalue weighted by Crippen LogP contribution is 2.20. The Kier molecular flexibility index (Phi) is 7.23. The van der Waals surface area contributed by atoms with Gasteiger partial charge in [0.1, 0.15) is 4.34 Å². The van der Waals surface area contributed by atoms with Crippen LogP contribution in [0.2, 0.25) is 0 Å². The van der Waals surface area contributed by atoms with Crippen molar-refractivity contribution in [2.24, 2.45) is 4.99 Å². The van der Waals surface area contributed by atoms with Crippen LogP contribution in [0.25, 0.3) is 0 Å². The Morgan fingerprint density at radius 3 is 2.84 bits per heavy atom. The molecule has 0 saturated heterocycles. The van der Waals surface area contributed by atoms with Gasteiger partial charge in [0, 0.05) is 36.0 Å². The number of nitrogens with one attached hydrogen (secondary N) is 2. The fraction of sp³-hybridized carbons (Fsp3) is 0.692. The maximum atomic E-state index is 4.58. The van der Waals surface area contributed by atoms with Crippen LogP contribution in [0.1, 0.15) is 34.1 Å². The van der Waals surface area contributed by atoms with Crippen molar-refractivity contribution in [1.29, 1.82) is 0 Å².